The van der Waals surface area contributed by atoms with Crippen molar-refractivity contribution in [3.8, 4) is 5.69 Å². The Morgan fingerprint density at radius 3 is 2.59 bits per heavy atom. The van der Waals surface area contributed by atoms with Gasteiger partial charge in [0, 0.05) is 21.1 Å². The van der Waals surface area contributed by atoms with Gasteiger partial charge in [0.05, 0.1) is 11.2 Å². The maximum atomic E-state index is 5.95. The molecule has 1 aromatic heterocycles. The van der Waals surface area contributed by atoms with Gasteiger partial charge in [-0.2, -0.15) is 5.10 Å². The highest BCUT2D eigenvalue weighted by molar-refractivity contribution is 9.10. The zero-order valence-corrected chi connectivity index (χ0v) is 11.1. The van der Waals surface area contributed by atoms with E-state index in [2.05, 4.69) is 21.0 Å². The average Bonchev–Trinajstić information content (AvgIpc) is 2.72. The summed E-state index contributed by atoms with van der Waals surface area (Å²) in [5, 5.41) is 6.27. The molecule has 0 radical (unpaired) electrons. The summed E-state index contributed by atoms with van der Waals surface area (Å²) in [6.07, 6.45) is 1.98. The first-order chi connectivity index (χ1) is 8.22. The van der Waals surface area contributed by atoms with Crippen LogP contribution in [0.5, 0.6) is 0 Å². The minimum absolute atomic E-state index is 0.729. The van der Waals surface area contributed by atoms with Gasteiger partial charge >= 0.3 is 0 Å². The Hall–Kier alpha value is -1.32. The number of hydrogen-bond acceptors (Lipinski definition) is 1. The summed E-state index contributed by atoms with van der Waals surface area (Å²) in [5.41, 5.74) is 1.97. The molecule has 0 spiro atoms. The fourth-order valence-electron chi connectivity index (χ4n) is 1.72. The van der Waals surface area contributed by atoms with Crippen molar-refractivity contribution in [1.82, 2.24) is 9.78 Å². The van der Waals surface area contributed by atoms with Crippen LogP contribution in [0.1, 0.15) is 0 Å². The molecule has 1 heterocycles. The molecule has 0 unspecified atom stereocenters. The van der Waals surface area contributed by atoms with Crippen molar-refractivity contribution in [3.05, 3.63) is 58.2 Å². The Labute approximate surface area is 112 Å². The molecule has 0 fully saturated rings. The first-order valence-electron chi connectivity index (χ1n) is 5.13. The van der Waals surface area contributed by atoms with Crippen LogP contribution >= 0.6 is 27.5 Å². The van der Waals surface area contributed by atoms with Crippen LogP contribution in [0.25, 0.3) is 16.6 Å². The summed E-state index contributed by atoms with van der Waals surface area (Å²) < 4.78 is 2.91. The smallest absolute Gasteiger partial charge is 0.0928 e. The molecule has 0 atom stereocenters. The van der Waals surface area contributed by atoms with Crippen molar-refractivity contribution >= 4 is 38.4 Å². The Kier molecular flexibility index (Phi) is 2.65. The highest BCUT2D eigenvalue weighted by atomic mass is 79.9. The standard InChI is InChI=1S/C13H8BrClN2/c14-10-1-4-12(5-2-10)17-8-9-7-11(15)3-6-13(9)16-17/h1-8H. The Morgan fingerprint density at radius 1 is 1.06 bits per heavy atom. The second-order valence-corrected chi connectivity index (χ2v) is 5.11. The molecule has 2 nitrogen and oxygen atoms in total. The molecule has 0 saturated carbocycles. The van der Waals surface area contributed by atoms with Crippen molar-refractivity contribution in [2.45, 2.75) is 0 Å². The number of hydrogen-bond donors (Lipinski definition) is 0. The van der Waals surface area contributed by atoms with Crippen LogP contribution in [0.4, 0.5) is 0 Å². The highest BCUT2D eigenvalue weighted by Crippen LogP contribution is 2.20. The molecule has 0 aliphatic heterocycles. The molecular weight excluding hydrogens is 300 g/mol. The second-order valence-electron chi connectivity index (χ2n) is 3.75. The molecule has 0 amide bonds. The Morgan fingerprint density at radius 2 is 1.82 bits per heavy atom. The van der Waals surface area contributed by atoms with E-state index in [1.165, 1.54) is 0 Å². The maximum absolute atomic E-state index is 5.95. The van der Waals surface area contributed by atoms with Crippen molar-refractivity contribution in [1.29, 1.82) is 0 Å². The summed E-state index contributed by atoms with van der Waals surface area (Å²) in [7, 11) is 0. The van der Waals surface area contributed by atoms with Crippen LogP contribution in [-0.2, 0) is 0 Å². The second kappa shape index (κ2) is 4.17. The Balaban J connectivity index is 2.14. The van der Waals surface area contributed by atoms with Crippen LogP contribution < -0.4 is 0 Å². The Bertz CT molecular complexity index is 673. The normalized spacial score (nSPS) is 10.9. The maximum Gasteiger partial charge on any atom is 0.0928 e. The monoisotopic (exact) mass is 306 g/mol. The number of fused-ring (bicyclic) bond motifs is 1. The van der Waals surface area contributed by atoms with Crippen LogP contribution in [0.3, 0.4) is 0 Å². The summed E-state index contributed by atoms with van der Waals surface area (Å²) in [6.45, 7) is 0. The van der Waals surface area contributed by atoms with Crippen molar-refractivity contribution in [2.24, 2.45) is 0 Å². The van der Waals surface area contributed by atoms with E-state index in [1.54, 1.807) is 0 Å². The summed E-state index contributed by atoms with van der Waals surface area (Å²) in [6, 6.07) is 13.7. The van der Waals surface area contributed by atoms with Crippen LogP contribution in [0, 0.1) is 0 Å². The molecule has 4 heteroatoms. The van der Waals surface area contributed by atoms with Gasteiger partial charge in [0.15, 0.2) is 0 Å². The van der Waals surface area contributed by atoms with E-state index in [1.807, 2.05) is 53.3 Å². The molecule has 0 aliphatic rings. The molecular formula is C13H8BrClN2. The predicted octanol–water partition coefficient (Wildman–Crippen LogP) is 4.44. The number of rotatable bonds is 1. The predicted molar refractivity (Wildman–Crippen MR) is 73.8 cm³/mol. The summed E-state index contributed by atoms with van der Waals surface area (Å²) in [5.74, 6) is 0. The van der Waals surface area contributed by atoms with Crippen LogP contribution in [0.2, 0.25) is 5.02 Å². The molecule has 0 bridgehead atoms. The van der Waals surface area contributed by atoms with Crippen LogP contribution in [-0.4, -0.2) is 9.78 Å². The van der Waals surface area contributed by atoms with Crippen molar-refractivity contribution in [2.75, 3.05) is 0 Å². The lowest BCUT2D eigenvalue weighted by atomic mass is 10.3. The first kappa shape index (κ1) is 10.8. The molecule has 17 heavy (non-hydrogen) atoms. The van der Waals surface area contributed by atoms with E-state index in [9.17, 15) is 0 Å². The molecule has 3 rings (SSSR count). The van der Waals surface area contributed by atoms with E-state index in [0.29, 0.717) is 0 Å². The number of aromatic nitrogens is 2. The lowest BCUT2D eigenvalue weighted by Gasteiger charge is -1.99. The SMILES string of the molecule is Clc1ccc2nn(-c3ccc(Br)cc3)cc2c1. The zero-order valence-electron chi connectivity index (χ0n) is 8.77. The zero-order chi connectivity index (χ0) is 11.8. The number of nitrogens with zero attached hydrogens (tertiary/aromatic N) is 2. The van der Waals surface area contributed by atoms with E-state index in [4.69, 9.17) is 11.6 Å². The van der Waals surface area contributed by atoms with Gasteiger partial charge in [-0.05, 0) is 42.5 Å². The average molecular weight is 308 g/mol. The first-order valence-corrected chi connectivity index (χ1v) is 6.30. The minimum Gasteiger partial charge on any atom is -0.240 e. The van der Waals surface area contributed by atoms with E-state index in [0.717, 1.165) is 26.1 Å². The molecule has 2 aromatic carbocycles. The van der Waals surface area contributed by atoms with Crippen LogP contribution in [0.15, 0.2) is 53.1 Å². The third-order valence-electron chi connectivity index (χ3n) is 2.56. The minimum atomic E-state index is 0.729. The largest absolute Gasteiger partial charge is 0.240 e. The van der Waals surface area contributed by atoms with E-state index in [-0.39, 0.29) is 0 Å². The topological polar surface area (TPSA) is 17.8 Å². The summed E-state index contributed by atoms with van der Waals surface area (Å²) in [4.78, 5) is 0. The third kappa shape index (κ3) is 2.08. The molecule has 0 saturated heterocycles. The van der Waals surface area contributed by atoms with E-state index >= 15 is 0 Å². The van der Waals surface area contributed by atoms with Gasteiger partial charge < -0.3 is 0 Å². The fourth-order valence-corrected chi connectivity index (χ4v) is 2.17. The van der Waals surface area contributed by atoms with Gasteiger partial charge in [-0.3, -0.25) is 0 Å². The van der Waals surface area contributed by atoms with Gasteiger partial charge in [-0.15, -0.1) is 0 Å². The van der Waals surface area contributed by atoms with Gasteiger partial charge in [-0.25, -0.2) is 4.68 Å². The van der Waals surface area contributed by atoms with Gasteiger partial charge in [-0.1, -0.05) is 27.5 Å². The van der Waals surface area contributed by atoms with Crippen molar-refractivity contribution in [3.63, 3.8) is 0 Å². The lowest BCUT2D eigenvalue weighted by molar-refractivity contribution is 0.896. The molecule has 3 aromatic rings. The van der Waals surface area contributed by atoms with Gasteiger partial charge in [0.2, 0.25) is 0 Å². The fraction of sp³-hybridized carbons (Fsp3) is 0. The van der Waals surface area contributed by atoms with Crippen molar-refractivity contribution < 1.29 is 0 Å². The highest BCUT2D eigenvalue weighted by Gasteiger charge is 2.02. The number of halogens is 2. The quantitative estimate of drug-likeness (QED) is 0.650. The summed E-state index contributed by atoms with van der Waals surface area (Å²) >= 11 is 9.37. The third-order valence-corrected chi connectivity index (χ3v) is 3.32. The van der Waals surface area contributed by atoms with Gasteiger partial charge in [0.25, 0.3) is 0 Å². The lowest BCUT2D eigenvalue weighted by Crippen LogP contribution is -1.92. The van der Waals surface area contributed by atoms with E-state index < -0.39 is 0 Å². The number of benzene rings is 2. The molecule has 84 valence electrons. The van der Waals surface area contributed by atoms with Gasteiger partial charge in [0.1, 0.15) is 0 Å². The molecule has 0 N–H and O–H groups in total. The molecule has 0 aliphatic carbocycles.